The molecule has 0 bridgehead atoms. The Balaban J connectivity index is 1.92. The van der Waals surface area contributed by atoms with Crippen molar-refractivity contribution in [3.63, 3.8) is 0 Å². The van der Waals surface area contributed by atoms with Gasteiger partial charge in [-0.1, -0.05) is 30.0 Å². The SMILES string of the molecule is COc1ccc(Sc2ccccc2C=C2C(=O)OC(C)(C)OC2=O)cc1OC. The van der Waals surface area contributed by atoms with Crippen LogP contribution in [0.2, 0.25) is 0 Å². The summed E-state index contributed by atoms with van der Waals surface area (Å²) in [6.07, 6.45) is 1.49. The molecule has 0 N–H and O–H groups in total. The fraction of sp³-hybridized carbons (Fsp3) is 0.238. The second-order valence-electron chi connectivity index (χ2n) is 6.39. The van der Waals surface area contributed by atoms with Crippen LogP contribution in [0.4, 0.5) is 0 Å². The number of hydrogen-bond donors (Lipinski definition) is 0. The summed E-state index contributed by atoms with van der Waals surface area (Å²) in [7, 11) is 3.15. The highest BCUT2D eigenvalue weighted by Crippen LogP contribution is 2.37. The maximum absolute atomic E-state index is 12.2. The molecule has 0 unspecified atom stereocenters. The maximum atomic E-state index is 12.2. The van der Waals surface area contributed by atoms with Gasteiger partial charge in [0.2, 0.25) is 0 Å². The predicted octanol–water partition coefficient (Wildman–Crippen LogP) is 4.07. The Morgan fingerprint density at radius 2 is 1.57 bits per heavy atom. The Bertz CT molecular complexity index is 926. The van der Waals surface area contributed by atoms with Crippen molar-refractivity contribution >= 4 is 29.8 Å². The van der Waals surface area contributed by atoms with Gasteiger partial charge in [0.15, 0.2) is 11.5 Å². The molecular weight excluding hydrogens is 380 g/mol. The third kappa shape index (κ3) is 4.31. The van der Waals surface area contributed by atoms with E-state index in [0.717, 1.165) is 9.79 Å². The summed E-state index contributed by atoms with van der Waals surface area (Å²) in [5.41, 5.74) is 0.561. The van der Waals surface area contributed by atoms with Gasteiger partial charge in [-0.2, -0.15) is 0 Å². The lowest BCUT2D eigenvalue weighted by atomic mass is 10.1. The summed E-state index contributed by atoms with van der Waals surface area (Å²) >= 11 is 1.47. The van der Waals surface area contributed by atoms with Crippen LogP contribution < -0.4 is 9.47 Å². The zero-order valence-electron chi connectivity index (χ0n) is 16.0. The zero-order valence-corrected chi connectivity index (χ0v) is 16.8. The van der Waals surface area contributed by atoms with Gasteiger partial charge >= 0.3 is 11.9 Å². The van der Waals surface area contributed by atoms with E-state index in [1.165, 1.54) is 31.7 Å². The Labute approximate surface area is 167 Å². The Hall–Kier alpha value is -2.93. The van der Waals surface area contributed by atoms with Gasteiger partial charge in [-0.05, 0) is 35.9 Å². The number of carbonyl (C=O) groups excluding carboxylic acids is 2. The van der Waals surface area contributed by atoms with Crippen LogP contribution >= 0.6 is 11.8 Å². The smallest absolute Gasteiger partial charge is 0.348 e. The monoisotopic (exact) mass is 400 g/mol. The summed E-state index contributed by atoms with van der Waals surface area (Å²) in [4.78, 5) is 26.2. The average molecular weight is 400 g/mol. The molecule has 0 aromatic heterocycles. The zero-order chi connectivity index (χ0) is 20.3. The van der Waals surface area contributed by atoms with E-state index in [-0.39, 0.29) is 5.57 Å². The van der Waals surface area contributed by atoms with Crippen molar-refractivity contribution < 1.29 is 28.5 Å². The van der Waals surface area contributed by atoms with Gasteiger partial charge in [0, 0.05) is 23.6 Å². The fourth-order valence-corrected chi connectivity index (χ4v) is 3.58. The van der Waals surface area contributed by atoms with Crippen LogP contribution in [0.25, 0.3) is 6.08 Å². The first-order valence-electron chi connectivity index (χ1n) is 8.50. The van der Waals surface area contributed by atoms with Crippen molar-refractivity contribution in [2.24, 2.45) is 0 Å². The third-order valence-electron chi connectivity index (χ3n) is 3.92. The second-order valence-corrected chi connectivity index (χ2v) is 7.51. The standard InChI is InChI=1S/C21H20O6S/c1-21(2)26-19(22)15(20(23)27-21)11-13-7-5-6-8-18(13)28-14-9-10-16(24-3)17(12-14)25-4/h5-12H,1-4H3. The van der Waals surface area contributed by atoms with Crippen LogP contribution in [0.3, 0.4) is 0 Å². The van der Waals surface area contributed by atoms with Crippen molar-refractivity contribution in [1.29, 1.82) is 0 Å². The van der Waals surface area contributed by atoms with Gasteiger partial charge < -0.3 is 18.9 Å². The molecule has 0 amide bonds. The van der Waals surface area contributed by atoms with E-state index >= 15 is 0 Å². The molecule has 7 heteroatoms. The largest absolute Gasteiger partial charge is 0.493 e. The van der Waals surface area contributed by atoms with Crippen molar-refractivity contribution in [1.82, 2.24) is 0 Å². The van der Waals surface area contributed by atoms with Crippen LogP contribution in [0.1, 0.15) is 19.4 Å². The van der Waals surface area contributed by atoms with Crippen molar-refractivity contribution in [3.05, 3.63) is 53.6 Å². The molecule has 1 heterocycles. The molecule has 146 valence electrons. The van der Waals surface area contributed by atoms with E-state index in [0.29, 0.717) is 17.1 Å². The normalized spacial score (nSPS) is 15.5. The molecule has 1 fully saturated rings. The van der Waals surface area contributed by atoms with E-state index in [2.05, 4.69) is 0 Å². The molecule has 6 nitrogen and oxygen atoms in total. The number of benzene rings is 2. The molecule has 0 saturated carbocycles. The van der Waals surface area contributed by atoms with Crippen molar-refractivity contribution in [2.45, 2.75) is 29.4 Å². The molecule has 28 heavy (non-hydrogen) atoms. The first-order chi connectivity index (χ1) is 13.3. The first kappa shape index (κ1) is 19.8. The Morgan fingerprint density at radius 1 is 0.929 bits per heavy atom. The van der Waals surface area contributed by atoms with Crippen LogP contribution in [-0.2, 0) is 19.1 Å². The summed E-state index contributed by atoms with van der Waals surface area (Å²) in [5, 5.41) is 0. The minimum atomic E-state index is -1.26. The van der Waals surface area contributed by atoms with Gasteiger partial charge in [-0.3, -0.25) is 0 Å². The van der Waals surface area contributed by atoms with Gasteiger partial charge in [0.25, 0.3) is 5.79 Å². The van der Waals surface area contributed by atoms with Crippen LogP contribution in [-0.4, -0.2) is 31.9 Å². The van der Waals surface area contributed by atoms with E-state index in [4.69, 9.17) is 18.9 Å². The van der Waals surface area contributed by atoms with Crippen molar-refractivity contribution in [3.8, 4) is 11.5 Å². The highest BCUT2D eigenvalue weighted by atomic mass is 32.2. The Morgan fingerprint density at radius 3 is 2.21 bits per heavy atom. The summed E-state index contributed by atoms with van der Waals surface area (Å²) in [6.45, 7) is 3.03. The van der Waals surface area contributed by atoms with Crippen molar-refractivity contribution in [2.75, 3.05) is 14.2 Å². The molecule has 3 rings (SSSR count). The van der Waals surface area contributed by atoms with Gasteiger partial charge in [0.05, 0.1) is 14.2 Å². The average Bonchev–Trinajstić information content (AvgIpc) is 2.65. The van der Waals surface area contributed by atoms with E-state index in [1.807, 2.05) is 42.5 Å². The minimum Gasteiger partial charge on any atom is -0.493 e. The van der Waals surface area contributed by atoms with Crippen LogP contribution in [0.15, 0.2) is 57.8 Å². The molecular formula is C21H20O6S. The Kier molecular flexibility index (Phi) is 5.65. The number of esters is 2. The molecule has 0 radical (unpaired) electrons. The van der Waals surface area contributed by atoms with E-state index in [1.54, 1.807) is 14.2 Å². The van der Waals surface area contributed by atoms with Gasteiger partial charge in [0.1, 0.15) is 5.57 Å². The molecule has 0 aliphatic carbocycles. The molecule has 0 spiro atoms. The molecule has 2 aromatic rings. The molecule has 0 atom stereocenters. The van der Waals surface area contributed by atoms with E-state index in [9.17, 15) is 9.59 Å². The van der Waals surface area contributed by atoms with Crippen LogP contribution in [0, 0.1) is 0 Å². The topological polar surface area (TPSA) is 71.1 Å². The summed E-state index contributed by atoms with van der Waals surface area (Å²) in [6, 6.07) is 13.0. The first-order valence-corrected chi connectivity index (χ1v) is 9.32. The van der Waals surface area contributed by atoms with Crippen LogP contribution in [0.5, 0.6) is 11.5 Å². The van der Waals surface area contributed by atoms with E-state index < -0.39 is 17.7 Å². The lowest BCUT2D eigenvalue weighted by Gasteiger charge is -2.29. The lowest BCUT2D eigenvalue weighted by Crippen LogP contribution is -2.41. The quantitative estimate of drug-likeness (QED) is 0.425. The molecule has 1 aliphatic heterocycles. The number of carbonyl (C=O) groups is 2. The highest BCUT2D eigenvalue weighted by molar-refractivity contribution is 7.99. The van der Waals surface area contributed by atoms with Gasteiger partial charge in [-0.15, -0.1) is 0 Å². The molecule has 1 aliphatic rings. The predicted molar refractivity (Wildman–Crippen MR) is 104 cm³/mol. The second kappa shape index (κ2) is 7.98. The minimum absolute atomic E-state index is 0.139. The van der Waals surface area contributed by atoms with Gasteiger partial charge in [-0.25, -0.2) is 9.59 Å². The number of hydrogen-bond acceptors (Lipinski definition) is 7. The molecule has 2 aromatic carbocycles. The summed E-state index contributed by atoms with van der Waals surface area (Å²) in [5.74, 6) is -1.42. The third-order valence-corrected chi connectivity index (χ3v) is 5.00. The summed E-state index contributed by atoms with van der Waals surface area (Å²) < 4.78 is 20.9. The highest BCUT2D eigenvalue weighted by Gasteiger charge is 2.38. The maximum Gasteiger partial charge on any atom is 0.348 e. The lowest BCUT2D eigenvalue weighted by molar-refractivity contribution is -0.222. The number of ether oxygens (including phenoxy) is 4. The number of rotatable bonds is 5. The molecule has 1 saturated heterocycles. The number of methoxy groups -OCH3 is 2. The fourth-order valence-electron chi connectivity index (χ4n) is 2.63. The number of cyclic esters (lactones) is 2.